The van der Waals surface area contributed by atoms with Crippen molar-refractivity contribution >= 4 is 17.4 Å². The van der Waals surface area contributed by atoms with Crippen molar-refractivity contribution in [1.29, 1.82) is 0 Å². The summed E-state index contributed by atoms with van der Waals surface area (Å²) in [5.74, 6) is 1.26. The molecule has 0 atom stereocenters. The molecule has 0 spiro atoms. The van der Waals surface area contributed by atoms with Crippen LogP contribution in [0.5, 0.6) is 5.75 Å². The van der Waals surface area contributed by atoms with Gasteiger partial charge < -0.3 is 15.0 Å². The van der Waals surface area contributed by atoms with E-state index in [1.54, 1.807) is 13.3 Å². The predicted molar refractivity (Wildman–Crippen MR) is 114 cm³/mol. The van der Waals surface area contributed by atoms with Crippen molar-refractivity contribution in [2.24, 2.45) is 0 Å². The van der Waals surface area contributed by atoms with Gasteiger partial charge in [0.05, 0.1) is 7.11 Å². The number of anilines is 2. The first-order valence-corrected chi connectivity index (χ1v) is 9.97. The second kappa shape index (κ2) is 8.90. The van der Waals surface area contributed by atoms with Crippen molar-refractivity contribution in [2.45, 2.75) is 19.3 Å². The van der Waals surface area contributed by atoms with Gasteiger partial charge in [0.2, 0.25) is 0 Å². The lowest BCUT2D eigenvalue weighted by Gasteiger charge is -2.29. The molecule has 1 N–H and O–H groups in total. The maximum atomic E-state index is 13.2. The van der Waals surface area contributed by atoms with E-state index >= 15 is 0 Å². The number of nitrogens with zero attached hydrogens (tertiary/aromatic N) is 3. The molecule has 6 nitrogen and oxygen atoms in total. The van der Waals surface area contributed by atoms with Crippen molar-refractivity contribution < 1.29 is 13.9 Å². The molecule has 1 aliphatic rings. The van der Waals surface area contributed by atoms with E-state index in [-0.39, 0.29) is 11.7 Å². The molecule has 1 fully saturated rings. The van der Waals surface area contributed by atoms with Gasteiger partial charge >= 0.3 is 0 Å². The quantitative estimate of drug-likeness (QED) is 0.674. The van der Waals surface area contributed by atoms with Gasteiger partial charge in [0.25, 0.3) is 5.91 Å². The van der Waals surface area contributed by atoms with Crippen LogP contribution in [-0.4, -0.2) is 36.1 Å². The van der Waals surface area contributed by atoms with Gasteiger partial charge in [0.15, 0.2) is 5.82 Å². The molecule has 154 valence electrons. The number of rotatable bonds is 5. The topological polar surface area (TPSA) is 67.3 Å². The summed E-state index contributed by atoms with van der Waals surface area (Å²) >= 11 is 0. The first-order valence-electron chi connectivity index (χ1n) is 9.97. The Morgan fingerprint density at radius 1 is 1.03 bits per heavy atom. The Morgan fingerprint density at radius 3 is 2.40 bits per heavy atom. The summed E-state index contributed by atoms with van der Waals surface area (Å²) in [6.45, 7) is 1.69. The largest absolute Gasteiger partial charge is 0.497 e. The van der Waals surface area contributed by atoms with E-state index in [0.717, 1.165) is 37.2 Å². The fourth-order valence-corrected chi connectivity index (χ4v) is 3.49. The zero-order chi connectivity index (χ0) is 20.9. The molecule has 0 aliphatic carbocycles. The highest BCUT2D eigenvalue weighted by atomic mass is 19.1. The monoisotopic (exact) mass is 406 g/mol. The standard InChI is InChI=1S/C23H23FN4O2/c1-30-19-11-5-16(6-12-19)21-25-15-20(22(27-21)28-13-3-2-4-14-28)23(29)26-18-9-7-17(24)8-10-18/h5-12,15H,2-4,13-14H2,1H3,(H,26,29). The average molecular weight is 406 g/mol. The normalized spacial score (nSPS) is 13.7. The van der Waals surface area contributed by atoms with Gasteiger partial charge in [-0.2, -0.15) is 0 Å². The molecular formula is C23H23FN4O2. The number of nitrogens with one attached hydrogen (secondary N) is 1. The van der Waals surface area contributed by atoms with Crippen LogP contribution >= 0.6 is 0 Å². The lowest BCUT2D eigenvalue weighted by atomic mass is 10.1. The molecule has 2 heterocycles. The molecule has 3 aromatic rings. The highest BCUT2D eigenvalue weighted by Crippen LogP contribution is 2.27. The molecule has 1 aromatic heterocycles. The number of carbonyl (C=O) groups is 1. The van der Waals surface area contributed by atoms with E-state index in [0.29, 0.717) is 22.9 Å². The molecular weight excluding hydrogens is 383 g/mol. The first-order chi connectivity index (χ1) is 14.6. The van der Waals surface area contributed by atoms with Crippen LogP contribution in [0.2, 0.25) is 0 Å². The minimum atomic E-state index is -0.353. The van der Waals surface area contributed by atoms with Crippen molar-refractivity contribution in [3.8, 4) is 17.1 Å². The van der Waals surface area contributed by atoms with Crippen LogP contribution < -0.4 is 15.0 Å². The Hall–Kier alpha value is -3.48. The number of hydrogen-bond donors (Lipinski definition) is 1. The summed E-state index contributed by atoms with van der Waals surface area (Å²) in [5, 5.41) is 2.81. The van der Waals surface area contributed by atoms with E-state index in [1.165, 1.54) is 30.7 Å². The molecule has 0 unspecified atom stereocenters. The Balaban J connectivity index is 1.67. The van der Waals surface area contributed by atoms with E-state index in [1.807, 2.05) is 24.3 Å². The third-order valence-electron chi connectivity index (χ3n) is 5.12. The van der Waals surface area contributed by atoms with Gasteiger partial charge in [0.1, 0.15) is 22.9 Å². The zero-order valence-electron chi connectivity index (χ0n) is 16.8. The fourth-order valence-electron chi connectivity index (χ4n) is 3.49. The zero-order valence-corrected chi connectivity index (χ0v) is 16.8. The maximum Gasteiger partial charge on any atom is 0.261 e. The minimum absolute atomic E-state index is 0.316. The van der Waals surface area contributed by atoms with Gasteiger partial charge in [0, 0.05) is 30.5 Å². The Bertz CT molecular complexity index is 1020. The lowest BCUT2D eigenvalue weighted by molar-refractivity contribution is 0.102. The molecule has 1 saturated heterocycles. The number of ether oxygens (including phenoxy) is 1. The number of amides is 1. The summed E-state index contributed by atoms with van der Waals surface area (Å²) in [6, 6.07) is 13.2. The summed E-state index contributed by atoms with van der Waals surface area (Å²) in [7, 11) is 1.62. The van der Waals surface area contributed by atoms with E-state index < -0.39 is 0 Å². The molecule has 0 saturated carbocycles. The number of methoxy groups -OCH3 is 1. The van der Waals surface area contributed by atoms with Gasteiger partial charge in [-0.15, -0.1) is 0 Å². The second-order valence-electron chi connectivity index (χ2n) is 7.17. The van der Waals surface area contributed by atoms with Crippen molar-refractivity contribution in [2.75, 3.05) is 30.4 Å². The Labute approximate surface area is 174 Å². The van der Waals surface area contributed by atoms with Crippen LogP contribution in [0.25, 0.3) is 11.4 Å². The molecule has 2 aromatic carbocycles. The SMILES string of the molecule is COc1ccc(-c2ncc(C(=O)Nc3ccc(F)cc3)c(N3CCCCC3)n2)cc1. The number of aromatic nitrogens is 2. The van der Waals surface area contributed by atoms with Crippen molar-refractivity contribution in [1.82, 2.24) is 9.97 Å². The van der Waals surface area contributed by atoms with E-state index in [4.69, 9.17) is 9.72 Å². The predicted octanol–water partition coefficient (Wildman–Crippen LogP) is 4.53. The maximum absolute atomic E-state index is 13.2. The number of hydrogen-bond acceptors (Lipinski definition) is 5. The third-order valence-corrected chi connectivity index (χ3v) is 5.12. The molecule has 4 rings (SSSR count). The number of carbonyl (C=O) groups excluding carboxylic acids is 1. The number of halogens is 1. The smallest absolute Gasteiger partial charge is 0.261 e. The van der Waals surface area contributed by atoms with Crippen LogP contribution in [0, 0.1) is 5.82 Å². The summed E-state index contributed by atoms with van der Waals surface area (Å²) in [6.07, 6.45) is 4.85. The lowest BCUT2D eigenvalue weighted by Crippen LogP contribution is -2.32. The second-order valence-corrected chi connectivity index (χ2v) is 7.17. The molecule has 1 amide bonds. The summed E-state index contributed by atoms with van der Waals surface area (Å²) in [5.41, 5.74) is 1.77. The van der Waals surface area contributed by atoms with Crippen molar-refractivity contribution in [3.05, 3.63) is 66.1 Å². The first kappa shape index (κ1) is 19.8. The van der Waals surface area contributed by atoms with Crippen LogP contribution in [-0.2, 0) is 0 Å². The Kier molecular flexibility index (Phi) is 5.88. The van der Waals surface area contributed by atoms with Gasteiger partial charge in [-0.3, -0.25) is 4.79 Å². The molecule has 30 heavy (non-hydrogen) atoms. The minimum Gasteiger partial charge on any atom is -0.497 e. The third kappa shape index (κ3) is 4.40. The highest BCUT2D eigenvalue weighted by molar-refractivity contribution is 6.07. The number of piperidine rings is 1. The van der Waals surface area contributed by atoms with E-state index in [2.05, 4.69) is 15.2 Å². The van der Waals surface area contributed by atoms with Crippen LogP contribution in [0.15, 0.2) is 54.7 Å². The van der Waals surface area contributed by atoms with Gasteiger partial charge in [-0.1, -0.05) is 0 Å². The summed E-state index contributed by atoms with van der Waals surface area (Å²) in [4.78, 5) is 24.3. The fraction of sp³-hybridized carbons (Fsp3) is 0.261. The Morgan fingerprint density at radius 2 is 1.73 bits per heavy atom. The molecule has 0 bridgehead atoms. The van der Waals surface area contributed by atoms with Gasteiger partial charge in [-0.05, 0) is 67.8 Å². The van der Waals surface area contributed by atoms with E-state index in [9.17, 15) is 9.18 Å². The van der Waals surface area contributed by atoms with Crippen molar-refractivity contribution in [3.63, 3.8) is 0 Å². The average Bonchev–Trinajstić information content (AvgIpc) is 2.81. The molecule has 0 radical (unpaired) electrons. The summed E-state index contributed by atoms with van der Waals surface area (Å²) < 4.78 is 18.4. The van der Waals surface area contributed by atoms with Crippen LogP contribution in [0.1, 0.15) is 29.6 Å². The van der Waals surface area contributed by atoms with Crippen LogP contribution in [0.3, 0.4) is 0 Å². The molecule has 7 heteroatoms. The highest BCUT2D eigenvalue weighted by Gasteiger charge is 2.22. The number of benzene rings is 2. The van der Waals surface area contributed by atoms with Gasteiger partial charge in [-0.25, -0.2) is 14.4 Å². The van der Waals surface area contributed by atoms with Crippen LogP contribution in [0.4, 0.5) is 15.9 Å². The molecule has 1 aliphatic heterocycles.